The number of hydrazone groups is 1. The van der Waals surface area contributed by atoms with Gasteiger partial charge in [-0.1, -0.05) is 0 Å². The molecule has 0 spiro atoms. The van der Waals surface area contributed by atoms with Gasteiger partial charge in [-0.25, -0.2) is 5.43 Å². The Kier molecular flexibility index (Phi) is 7.21. The molecule has 4 aromatic rings. The van der Waals surface area contributed by atoms with Crippen molar-refractivity contribution in [3.05, 3.63) is 95.2 Å². The number of hydrogen-bond acceptors (Lipinski definition) is 6. The maximum Gasteiger partial charge on any atom is 0.307 e. The Morgan fingerprint density at radius 1 is 0.943 bits per heavy atom. The topological polar surface area (TPSA) is 87.2 Å². The summed E-state index contributed by atoms with van der Waals surface area (Å²) in [4.78, 5) is 12.3. The van der Waals surface area contributed by atoms with Gasteiger partial charge in [0.15, 0.2) is 17.3 Å². The first-order valence-corrected chi connectivity index (χ1v) is 11.0. The van der Waals surface area contributed by atoms with Crippen molar-refractivity contribution >= 4 is 12.1 Å². The average Bonchev–Trinajstić information content (AvgIpc) is 3.49. The zero-order valence-electron chi connectivity index (χ0n) is 20.1. The summed E-state index contributed by atoms with van der Waals surface area (Å²) in [6, 6.07) is 20.6. The van der Waals surface area contributed by atoms with Crippen LogP contribution in [0.4, 0.5) is 0 Å². The molecular formula is C27H27N3O5. The number of ether oxygens (including phenoxy) is 3. The SMILES string of the molecule is COc1ccc(/C=N/NC(=O)c2ccc(COc3ccc(-n4c(C)ccc4C)cc3)o2)cc1OC. The Labute approximate surface area is 203 Å². The van der Waals surface area contributed by atoms with Crippen LogP contribution in [-0.2, 0) is 6.61 Å². The van der Waals surface area contributed by atoms with Crippen LogP contribution < -0.4 is 19.6 Å². The van der Waals surface area contributed by atoms with Crippen molar-refractivity contribution in [2.45, 2.75) is 20.5 Å². The minimum absolute atomic E-state index is 0.141. The second kappa shape index (κ2) is 10.6. The lowest BCUT2D eigenvalue weighted by molar-refractivity contribution is 0.0923. The number of rotatable bonds is 9. The van der Waals surface area contributed by atoms with Gasteiger partial charge in [0.1, 0.15) is 18.1 Å². The molecule has 2 aromatic carbocycles. The molecule has 0 aliphatic heterocycles. The van der Waals surface area contributed by atoms with Crippen LogP contribution in [0, 0.1) is 13.8 Å². The number of hydrogen-bond donors (Lipinski definition) is 1. The van der Waals surface area contributed by atoms with Crippen LogP contribution in [-0.4, -0.2) is 30.9 Å². The number of benzene rings is 2. The molecule has 2 aromatic heterocycles. The summed E-state index contributed by atoms with van der Waals surface area (Å²) >= 11 is 0. The average molecular weight is 474 g/mol. The molecule has 8 heteroatoms. The molecule has 0 aliphatic carbocycles. The highest BCUT2D eigenvalue weighted by Gasteiger charge is 2.11. The van der Waals surface area contributed by atoms with Gasteiger partial charge in [0.05, 0.1) is 20.4 Å². The number of carbonyl (C=O) groups excluding carboxylic acids is 1. The van der Waals surface area contributed by atoms with Crippen molar-refractivity contribution in [2.75, 3.05) is 14.2 Å². The van der Waals surface area contributed by atoms with Crippen LogP contribution in [0.3, 0.4) is 0 Å². The number of aromatic nitrogens is 1. The van der Waals surface area contributed by atoms with Crippen molar-refractivity contribution in [3.63, 3.8) is 0 Å². The molecule has 1 amide bonds. The normalized spacial score (nSPS) is 11.0. The van der Waals surface area contributed by atoms with E-state index in [2.05, 4.69) is 41.1 Å². The van der Waals surface area contributed by atoms with Crippen LogP contribution in [0.15, 0.2) is 76.2 Å². The maximum atomic E-state index is 12.3. The van der Waals surface area contributed by atoms with Gasteiger partial charge < -0.3 is 23.2 Å². The zero-order chi connectivity index (χ0) is 24.8. The fourth-order valence-electron chi connectivity index (χ4n) is 3.65. The minimum atomic E-state index is -0.463. The second-order valence-electron chi connectivity index (χ2n) is 7.81. The smallest absolute Gasteiger partial charge is 0.307 e. The summed E-state index contributed by atoms with van der Waals surface area (Å²) < 4.78 is 24.1. The molecule has 180 valence electrons. The van der Waals surface area contributed by atoms with Crippen LogP contribution in [0.5, 0.6) is 17.2 Å². The van der Waals surface area contributed by atoms with Crippen LogP contribution in [0.2, 0.25) is 0 Å². The van der Waals surface area contributed by atoms with Gasteiger partial charge in [0.25, 0.3) is 0 Å². The third-order valence-corrected chi connectivity index (χ3v) is 5.42. The Balaban J connectivity index is 1.31. The van der Waals surface area contributed by atoms with Crippen LogP contribution >= 0.6 is 0 Å². The van der Waals surface area contributed by atoms with E-state index >= 15 is 0 Å². The van der Waals surface area contributed by atoms with E-state index in [0.29, 0.717) is 23.0 Å². The summed E-state index contributed by atoms with van der Waals surface area (Å²) in [5.41, 5.74) is 6.61. The molecule has 1 N–H and O–H groups in total. The number of furan rings is 1. The van der Waals surface area contributed by atoms with Gasteiger partial charge in [-0.05, 0) is 86.1 Å². The number of aryl methyl sites for hydroxylation is 2. The van der Waals surface area contributed by atoms with Gasteiger partial charge in [-0.3, -0.25) is 4.79 Å². The minimum Gasteiger partial charge on any atom is -0.493 e. The molecule has 2 heterocycles. The number of nitrogens with zero attached hydrogens (tertiary/aromatic N) is 2. The molecule has 35 heavy (non-hydrogen) atoms. The van der Waals surface area contributed by atoms with Crippen molar-refractivity contribution in [3.8, 4) is 22.9 Å². The molecular weight excluding hydrogens is 446 g/mol. The molecule has 0 bridgehead atoms. The van der Waals surface area contributed by atoms with E-state index in [1.807, 2.05) is 24.3 Å². The van der Waals surface area contributed by atoms with E-state index in [-0.39, 0.29) is 12.4 Å². The monoisotopic (exact) mass is 473 g/mol. The molecule has 0 radical (unpaired) electrons. The number of nitrogens with one attached hydrogen (secondary N) is 1. The van der Waals surface area contributed by atoms with Crippen molar-refractivity contribution < 1.29 is 23.4 Å². The summed E-state index contributed by atoms with van der Waals surface area (Å²) in [5, 5.41) is 3.98. The first-order valence-electron chi connectivity index (χ1n) is 11.0. The first kappa shape index (κ1) is 23.7. The Bertz CT molecular complexity index is 1320. The summed E-state index contributed by atoms with van der Waals surface area (Å²) in [7, 11) is 3.12. The van der Waals surface area contributed by atoms with Gasteiger partial charge >= 0.3 is 5.91 Å². The zero-order valence-corrected chi connectivity index (χ0v) is 20.1. The molecule has 0 unspecified atom stereocenters. The highest BCUT2D eigenvalue weighted by molar-refractivity contribution is 5.92. The predicted molar refractivity (Wildman–Crippen MR) is 133 cm³/mol. The fraction of sp³-hybridized carbons (Fsp3) is 0.185. The van der Waals surface area contributed by atoms with Crippen LogP contribution in [0.1, 0.15) is 33.3 Å². The fourth-order valence-corrected chi connectivity index (χ4v) is 3.65. The standard InChI is InChI=1S/C27H27N3O5/c1-18-5-6-19(2)30(18)21-8-10-22(11-9-21)34-17-23-12-14-25(35-23)27(31)29-28-16-20-7-13-24(32-3)26(15-20)33-4/h5-16H,17H2,1-4H3,(H,29,31)/b28-16+. The molecule has 4 rings (SSSR count). The molecule has 0 fully saturated rings. The van der Waals surface area contributed by atoms with Gasteiger partial charge in [-0.2, -0.15) is 5.10 Å². The summed E-state index contributed by atoms with van der Waals surface area (Å²) in [6.07, 6.45) is 1.51. The Hall–Kier alpha value is -4.46. The van der Waals surface area contributed by atoms with Gasteiger partial charge in [0, 0.05) is 17.1 Å². The van der Waals surface area contributed by atoms with Gasteiger partial charge in [-0.15, -0.1) is 0 Å². The highest BCUT2D eigenvalue weighted by Crippen LogP contribution is 2.27. The van der Waals surface area contributed by atoms with Crippen molar-refractivity contribution in [1.82, 2.24) is 9.99 Å². The number of carbonyl (C=O) groups is 1. The van der Waals surface area contributed by atoms with Crippen molar-refractivity contribution in [2.24, 2.45) is 5.10 Å². The molecule has 0 saturated heterocycles. The molecule has 0 aliphatic rings. The second-order valence-corrected chi connectivity index (χ2v) is 7.81. The maximum absolute atomic E-state index is 12.3. The Morgan fingerprint density at radius 3 is 2.34 bits per heavy atom. The lowest BCUT2D eigenvalue weighted by Gasteiger charge is -2.10. The Morgan fingerprint density at radius 2 is 1.66 bits per heavy atom. The first-order chi connectivity index (χ1) is 17.0. The quantitative estimate of drug-likeness (QED) is 0.272. The third kappa shape index (κ3) is 5.55. The number of methoxy groups -OCH3 is 2. The third-order valence-electron chi connectivity index (χ3n) is 5.42. The number of amides is 1. The summed E-state index contributed by atoms with van der Waals surface area (Å²) in [5.74, 6) is 2.10. The highest BCUT2D eigenvalue weighted by atomic mass is 16.5. The van der Waals surface area contributed by atoms with E-state index in [1.165, 1.54) is 17.6 Å². The van der Waals surface area contributed by atoms with E-state index in [1.54, 1.807) is 44.6 Å². The largest absolute Gasteiger partial charge is 0.493 e. The van der Waals surface area contributed by atoms with Crippen LogP contribution in [0.25, 0.3) is 5.69 Å². The molecule has 0 atom stereocenters. The lowest BCUT2D eigenvalue weighted by Crippen LogP contribution is -2.16. The van der Waals surface area contributed by atoms with E-state index in [0.717, 1.165) is 11.3 Å². The predicted octanol–water partition coefficient (Wildman–Crippen LogP) is 5.05. The molecule has 8 nitrogen and oxygen atoms in total. The lowest BCUT2D eigenvalue weighted by atomic mass is 10.2. The van der Waals surface area contributed by atoms with Crippen molar-refractivity contribution in [1.29, 1.82) is 0 Å². The van der Waals surface area contributed by atoms with E-state index < -0.39 is 5.91 Å². The summed E-state index contributed by atoms with van der Waals surface area (Å²) in [6.45, 7) is 4.34. The molecule has 0 saturated carbocycles. The van der Waals surface area contributed by atoms with E-state index in [4.69, 9.17) is 18.6 Å². The van der Waals surface area contributed by atoms with E-state index in [9.17, 15) is 4.79 Å². The van der Waals surface area contributed by atoms with Gasteiger partial charge in [0.2, 0.25) is 0 Å².